The van der Waals surface area contributed by atoms with E-state index in [1.807, 2.05) is 0 Å². The van der Waals surface area contributed by atoms with Crippen molar-refractivity contribution in [2.45, 2.75) is 19.4 Å². The van der Waals surface area contributed by atoms with Crippen molar-refractivity contribution in [2.24, 2.45) is 0 Å². The minimum absolute atomic E-state index is 0.0111. The summed E-state index contributed by atoms with van der Waals surface area (Å²) in [5, 5.41) is 2.71. The summed E-state index contributed by atoms with van der Waals surface area (Å²) in [6.07, 6.45) is 1.02. The van der Waals surface area contributed by atoms with E-state index in [1.165, 1.54) is 24.3 Å². The second-order valence-electron chi connectivity index (χ2n) is 5.70. The fraction of sp³-hybridized carbons (Fsp3) is 0.235. The number of carbonyl (C=O) groups is 1. The predicted octanol–water partition coefficient (Wildman–Crippen LogP) is 4.45. The topological polar surface area (TPSA) is 66.5 Å². The van der Waals surface area contributed by atoms with E-state index in [2.05, 4.69) is 5.32 Å². The van der Waals surface area contributed by atoms with Gasteiger partial charge in [0.1, 0.15) is 6.04 Å². The SMILES string of the molecule is CC[C@@H](C(=O)Nc1ccc(F)c(F)c1)N(c1cc(Cl)ccc1Cl)S(C)(=O)=O. The summed E-state index contributed by atoms with van der Waals surface area (Å²) in [5.41, 5.74) is 0.0296. The first kappa shape index (κ1) is 21.4. The third-order valence-electron chi connectivity index (χ3n) is 3.66. The minimum Gasteiger partial charge on any atom is -0.324 e. The summed E-state index contributed by atoms with van der Waals surface area (Å²) >= 11 is 12.1. The van der Waals surface area contributed by atoms with Crippen molar-refractivity contribution in [2.75, 3.05) is 15.9 Å². The van der Waals surface area contributed by atoms with Crippen LogP contribution in [0.1, 0.15) is 13.3 Å². The van der Waals surface area contributed by atoms with Gasteiger partial charge >= 0.3 is 0 Å². The van der Waals surface area contributed by atoms with E-state index in [0.717, 1.165) is 22.7 Å². The molecule has 146 valence electrons. The highest BCUT2D eigenvalue weighted by Gasteiger charge is 2.33. The van der Waals surface area contributed by atoms with Crippen LogP contribution < -0.4 is 9.62 Å². The van der Waals surface area contributed by atoms with Crippen molar-refractivity contribution in [3.05, 3.63) is 58.1 Å². The summed E-state index contributed by atoms with van der Waals surface area (Å²) < 4.78 is 52.0. The van der Waals surface area contributed by atoms with Crippen molar-refractivity contribution >= 4 is 50.5 Å². The van der Waals surface area contributed by atoms with E-state index in [1.54, 1.807) is 6.92 Å². The third-order valence-corrected chi connectivity index (χ3v) is 5.38. The average Bonchev–Trinajstić information content (AvgIpc) is 2.57. The number of anilines is 2. The molecule has 5 nitrogen and oxygen atoms in total. The number of amides is 1. The summed E-state index contributed by atoms with van der Waals surface area (Å²) in [6, 6.07) is 5.86. The van der Waals surface area contributed by atoms with Crippen molar-refractivity contribution in [1.29, 1.82) is 0 Å². The van der Waals surface area contributed by atoms with Gasteiger partial charge in [-0.05, 0) is 36.8 Å². The molecule has 0 aliphatic carbocycles. The Labute approximate surface area is 165 Å². The van der Waals surface area contributed by atoms with Crippen LogP contribution in [0, 0.1) is 11.6 Å². The van der Waals surface area contributed by atoms with Crippen LogP contribution in [-0.2, 0) is 14.8 Å². The van der Waals surface area contributed by atoms with Gasteiger partial charge in [0, 0.05) is 16.8 Å². The van der Waals surface area contributed by atoms with Crippen LogP contribution in [0.15, 0.2) is 36.4 Å². The van der Waals surface area contributed by atoms with Gasteiger partial charge in [-0.1, -0.05) is 30.1 Å². The molecule has 27 heavy (non-hydrogen) atoms. The zero-order chi connectivity index (χ0) is 20.4. The Hall–Kier alpha value is -1.90. The molecule has 0 saturated heterocycles. The Morgan fingerprint density at radius 2 is 1.81 bits per heavy atom. The van der Waals surface area contributed by atoms with Gasteiger partial charge in [-0.15, -0.1) is 0 Å². The van der Waals surface area contributed by atoms with E-state index in [4.69, 9.17) is 23.2 Å². The Bertz CT molecular complexity index is 971. The Balaban J connectivity index is 2.44. The number of nitrogens with zero attached hydrogens (tertiary/aromatic N) is 1. The second-order valence-corrected chi connectivity index (χ2v) is 8.40. The highest BCUT2D eigenvalue weighted by atomic mass is 35.5. The molecule has 2 rings (SSSR count). The number of benzene rings is 2. The quantitative estimate of drug-likeness (QED) is 0.726. The van der Waals surface area contributed by atoms with Crippen molar-refractivity contribution < 1.29 is 22.0 Å². The number of hydrogen-bond donors (Lipinski definition) is 1. The van der Waals surface area contributed by atoms with E-state index in [-0.39, 0.29) is 27.8 Å². The summed E-state index contributed by atoms with van der Waals surface area (Å²) in [6.45, 7) is 1.60. The Morgan fingerprint density at radius 1 is 1.15 bits per heavy atom. The van der Waals surface area contributed by atoms with Crippen LogP contribution in [0.5, 0.6) is 0 Å². The molecule has 0 aliphatic rings. The van der Waals surface area contributed by atoms with Crippen LogP contribution in [0.4, 0.5) is 20.2 Å². The molecular formula is C17H16Cl2F2N2O3S. The summed E-state index contributed by atoms with van der Waals surface area (Å²) in [7, 11) is -3.93. The molecule has 0 spiro atoms. The van der Waals surface area contributed by atoms with Crippen LogP contribution in [0.25, 0.3) is 0 Å². The largest absolute Gasteiger partial charge is 0.324 e. The molecule has 0 aliphatic heterocycles. The Kier molecular flexibility index (Phi) is 6.67. The number of nitrogens with one attached hydrogen (secondary N) is 1. The monoisotopic (exact) mass is 436 g/mol. The third kappa shape index (κ3) is 5.09. The molecule has 2 aromatic rings. The normalized spacial score (nSPS) is 12.5. The lowest BCUT2D eigenvalue weighted by molar-refractivity contribution is -0.117. The molecule has 2 aromatic carbocycles. The predicted molar refractivity (Wildman–Crippen MR) is 103 cm³/mol. The molecule has 1 atom stereocenters. The number of sulfonamides is 1. The molecule has 0 radical (unpaired) electrons. The highest BCUT2D eigenvalue weighted by molar-refractivity contribution is 7.92. The molecule has 0 aromatic heterocycles. The van der Waals surface area contributed by atoms with Gasteiger partial charge in [-0.3, -0.25) is 9.10 Å². The maximum Gasteiger partial charge on any atom is 0.248 e. The Morgan fingerprint density at radius 3 is 2.37 bits per heavy atom. The maximum atomic E-state index is 13.4. The smallest absolute Gasteiger partial charge is 0.248 e. The lowest BCUT2D eigenvalue weighted by Crippen LogP contribution is -2.47. The van der Waals surface area contributed by atoms with E-state index < -0.39 is 33.6 Å². The first-order valence-electron chi connectivity index (χ1n) is 7.75. The van der Waals surface area contributed by atoms with E-state index in [9.17, 15) is 22.0 Å². The molecule has 0 unspecified atom stereocenters. The lowest BCUT2D eigenvalue weighted by atomic mass is 10.1. The van der Waals surface area contributed by atoms with Crippen molar-refractivity contribution in [3.63, 3.8) is 0 Å². The first-order valence-corrected chi connectivity index (χ1v) is 10.4. The highest BCUT2D eigenvalue weighted by Crippen LogP contribution is 2.33. The minimum atomic E-state index is -3.93. The zero-order valence-corrected chi connectivity index (χ0v) is 16.7. The molecule has 0 saturated carbocycles. The van der Waals surface area contributed by atoms with Crippen molar-refractivity contribution in [3.8, 4) is 0 Å². The van der Waals surface area contributed by atoms with E-state index >= 15 is 0 Å². The van der Waals surface area contributed by atoms with Crippen LogP contribution in [0.3, 0.4) is 0 Å². The summed E-state index contributed by atoms with van der Waals surface area (Å²) in [4.78, 5) is 12.7. The summed E-state index contributed by atoms with van der Waals surface area (Å²) in [5.74, 6) is -2.94. The first-order chi connectivity index (χ1) is 12.5. The van der Waals surface area contributed by atoms with Gasteiger partial charge in [0.15, 0.2) is 11.6 Å². The zero-order valence-electron chi connectivity index (χ0n) is 14.3. The lowest BCUT2D eigenvalue weighted by Gasteiger charge is -2.30. The molecule has 0 heterocycles. The molecule has 1 amide bonds. The molecule has 0 fully saturated rings. The van der Waals surface area contributed by atoms with Crippen LogP contribution in [0.2, 0.25) is 10.0 Å². The van der Waals surface area contributed by atoms with Gasteiger partial charge in [0.2, 0.25) is 15.9 Å². The molecule has 10 heteroatoms. The number of halogens is 4. The van der Waals surface area contributed by atoms with Crippen molar-refractivity contribution in [1.82, 2.24) is 0 Å². The van der Waals surface area contributed by atoms with Crippen LogP contribution in [-0.4, -0.2) is 26.6 Å². The van der Waals surface area contributed by atoms with Crippen LogP contribution >= 0.6 is 23.2 Å². The number of carbonyl (C=O) groups excluding carboxylic acids is 1. The second kappa shape index (κ2) is 8.41. The number of hydrogen-bond acceptors (Lipinski definition) is 3. The van der Waals surface area contributed by atoms with Gasteiger partial charge in [0.25, 0.3) is 0 Å². The van der Waals surface area contributed by atoms with Gasteiger partial charge in [-0.25, -0.2) is 17.2 Å². The molecule has 0 bridgehead atoms. The van der Waals surface area contributed by atoms with Gasteiger partial charge < -0.3 is 5.32 Å². The van der Waals surface area contributed by atoms with Gasteiger partial charge in [-0.2, -0.15) is 0 Å². The molecule has 1 N–H and O–H groups in total. The average molecular weight is 437 g/mol. The fourth-order valence-electron chi connectivity index (χ4n) is 2.49. The standard InChI is InChI=1S/C17H16Cl2F2N2O3S/c1-3-15(17(24)22-11-5-7-13(20)14(21)9-11)23(27(2,25)26)16-8-10(18)4-6-12(16)19/h4-9,15H,3H2,1-2H3,(H,22,24)/t15-/m0/s1. The fourth-order valence-corrected chi connectivity index (χ4v) is 4.13. The van der Waals surface area contributed by atoms with Gasteiger partial charge in [0.05, 0.1) is 17.0 Å². The number of rotatable bonds is 6. The van der Waals surface area contributed by atoms with E-state index in [0.29, 0.717) is 0 Å². The molecular weight excluding hydrogens is 421 g/mol. The maximum absolute atomic E-state index is 13.4.